The van der Waals surface area contributed by atoms with Crippen LogP contribution in [0.5, 0.6) is 0 Å². The van der Waals surface area contributed by atoms with Crippen LogP contribution in [-0.2, 0) is 14.3 Å². The fourth-order valence-corrected chi connectivity index (χ4v) is 3.79. The molecule has 0 spiro atoms. The average molecular weight is 435 g/mol. The highest BCUT2D eigenvalue weighted by Gasteiger charge is 2.17. The zero-order valence-electron chi connectivity index (χ0n) is 20.2. The van der Waals surface area contributed by atoms with Crippen LogP contribution in [0.4, 0.5) is 0 Å². The van der Waals surface area contributed by atoms with E-state index in [0.29, 0.717) is 32.5 Å². The molecule has 5 nitrogen and oxygen atoms in total. The molecule has 0 N–H and O–H groups in total. The van der Waals surface area contributed by atoms with Crippen molar-refractivity contribution >= 4 is 17.6 Å². The van der Waals surface area contributed by atoms with Gasteiger partial charge in [-0.05, 0) is 39.0 Å². The van der Waals surface area contributed by atoms with Gasteiger partial charge in [0.1, 0.15) is 6.61 Å². The van der Waals surface area contributed by atoms with E-state index in [4.69, 9.17) is 4.74 Å². The van der Waals surface area contributed by atoms with E-state index >= 15 is 0 Å². The third-order valence-corrected chi connectivity index (χ3v) is 5.78. The van der Waals surface area contributed by atoms with Gasteiger partial charge in [0.25, 0.3) is 0 Å². The number of rotatable bonds is 18. The summed E-state index contributed by atoms with van der Waals surface area (Å²) in [6, 6.07) is 0. The molecule has 1 aliphatic rings. The molecular weight excluding hydrogens is 388 g/mol. The van der Waals surface area contributed by atoms with E-state index in [-0.39, 0.29) is 18.5 Å². The number of ether oxygens (including phenoxy) is 1. The molecule has 0 radical (unpaired) electrons. The van der Waals surface area contributed by atoms with E-state index in [1.165, 1.54) is 70.6 Å². The summed E-state index contributed by atoms with van der Waals surface area (Å²) in [5.41, 5.74) is 0.883. The van der Waals surface area contributed by atoms with Crippen LogP contribution in [-0.4, -0.2) is 48.7 Å². The second-order valence-corrected chi connectivity index (χ2v) is 8.73. The molecule has 1 amide bonds. The van der Waals surface area contributed by atoms with Crippen LogP contribution in [0.3, 0.4) is 0 Å². The number of carbonyl (C=O) groups is 2. The molecule has 0 fully saturated rings. The lowest BCUT2D eigenvalue weighted by Gasteiger charge is -2.19. The number of esters is 1. The highest BCUT2D eigenvalue weighted by Crippen LogP contribution is 2.10. The molecule has 0 saturated carbocycles. The third-order valence-electron chi connectivity index (χ3n) is 5.78. The number of allylic oxidation sites excluding steroid dienone is 2. The van der Waals surface area contributed by atoms with Crippen LogP contribution in [0.15, 0.2) is 17.1 Å². The van der Waals surface area contributed by atoms with Gasteiger partial charge in [-0.2, -0.15) is 0 Å². The Labute approximate surface area is 190 Å². The molecule has 0 bridgehead atoms. The summed E-state index contributed by atoms with van der Waals surface area (Å²) in [5.74, 6) is -0.0700. The predicted molar refractivity (Wildman–Crippen MR) is 130 cm³/mol. The molecule has 0 atom stereocenters. The monoisotopic (exact) mass is 434 g/mol. The van der Waals surface area contributed by atoms with Crippen LogP contribution in [0, 0.1) is 0 Å². The molecule has 1 rings (SSSR count). The number of amides is 1. The van der Waals surface area contributed by atoms with Crippen molar-refractivity contribution in [3.05, 3.63) is 12.2 Å². The molecule has 5 heteroatoms. The van der Waals surface area contributed by atoms with E-state index in [2.05, 4.69) is 24.1 Å². The van der Waals surface area contributed by atoms with Crippen molar-refractivity contribution in [3.63, 3.8) is 0 Å². The molecule has 0 aromatic heterocycles. The molecular formula is C26H46N2O3. The van der Waals surface area contributed by atoms with Crippen LogP contribution >= 0.6 is 0 Å². The fraction of sp³-hybridized carbons (Fsp3) is 0.808. The Balaban J connectivity index is 1.87. The summed E-state index contributed by atoms with van der Waals surface area (Å²) in [6.45, 7) is 6.16. The number of hydrogen-bond donors (Lipinski definition) is 0. The molecule has 31 heavy (non-hydrogen) atoms. The smallest absolute Gasteiger partial charge is 0.305 e. The topological polar surface area (TPSA) is 59.0 Å². The van der Waals surface area contributed by atoms with Gasteiger partial charge in [-0.15, -0.1) is 0 Å². The van der Waals surface area contributed by atoms with Crippen molar-refractivity contribution in [1.29, 1.82) is 0 Å². The number of nitrogens with zero attached hydrogens (tertiary/aromatic N) is 2. The first-order valence-corrected chi connectivity index (χ1v) is 12.7. The lowest BCUT2D eigenvalue weighted by atomic mass is 10.1. The van der Waals surface area contributed by atoms with E-state index in [1.54, 1.807) is 4.90 Å². The van der Waals surface area contributed by atoms with Gasteiger partial charge in [-0.25, -0.2) is 0 Å². The van der Waals surface area contributed by atoms with E-state index in [9.17, 15) is 9.59 Å². The van der Waals surface area contributed by atoms with Crippen molar-refractivity contribution in [2.24, 2.45) is 4.99 Å². The molecule has 0 unspecified atom stereocenters. The molecule has 1 aliphatic heterocycles. The second kappa shape index (κ2) is 19.1. The second-order valence-electron chi connectivity index (χ2n) is 8.73. The predicted octanol–water partition coefficient (Wildman–Crippen LogP) is 6.26. The summed E-state index contributed by atoms with van der Waals surface area (Å²) in [7, 11) is 0. The zero-order valence-corrected chi connectivity index (χ0v) is 20.2. The van der Waals surface area contributed by atoms with Crippen LogP contribution < -0.4 is 0 Å². The lowest BCUT2D eigenvalue weighted by molar-refractivity contribution is -0.145. The minimum atomic E-state index is -0.146. The Morgan fingerprint density at radius 3 is 2.26 bits per heavy atom. The highest BCUT2D eigenvalue weighted by atomic mass is 16.5. The Morgan fingerprint density at radius 2 is 1.58 bits per heavy atom. The Bertz CT molecular complexity index is 543. The van der Waals surface area contributed by atoms with Gasteiger partial charge in [0.05, 0.1) is 19.5 Å². The minimum absolute atomic E-state index is 0.0760. The van der Waals surface area contributed by atoms with Gasteiger partial charge in [0.2, 0.25) is 5.91 Å². The number of aliphatic imine (C=N–C) groups is 1. The van der Waals surface area contributed by atoms with Gasteiger partial charge in [0, 0.05) is 18.7 Å². The Morgan fingerprint density at radius 1 is 0.968 bits per heavy atom. The fourth-order valence-electron chi connectivity index (χ4n) is 3.79. The lowest BCUT2D eigenvalue weighted by Crippen LogP contribution is -2.35. The van der Waals surface area contributed by atoms with Crippen LogP contribution in [0.1, 0.15) is 110 Å². The van der Waals surface area contributed by atoms with Gasteiger partial charge < -0.3 is 9.64 Å². The number of unbranched alkanes of at least 4 members (excludes halogenated alkanes) is 11. The SMILES string of the molecule is CCCCCCCC/C=C\CCCCCCCC(=O)OCCN1CCN=C(C)CC1=O. The molecule has 0 aromatic rings. The zero-order chi connectivity index (χ0) is 22.6. The first kappa shape index (κ1) is 27.4. The van der Waals surface area contributed by atoms with Crippen molar-refractivity contribution < 1.29 is 14.3 Å². The van der Waals surface area contributed by atoms with Crippen molar-refractivity contribution in [2.45, 2.75) is 110 Å². The largest absolute Gasteiger partial charge is 0.464 e. The summed E-state index contributed by atoms with van der Waals surface area (Å²) >= 11 is 0. The number of carbonyl (C=O) groups excluding carboxylic acids is 2. The van der Waals surface area contributed by atoms with Crippen molar-refractivity contribution in [2.75, 3.05) is 26.2 Å². The molecule has 0 aliphatic carbocycles. The minimum Gasteiger partial charge on any atom is -0.464 e. The number of hydrogen-bond acceptors (Lipinski definition) is 4. The van der Waals surface area contributed by atoms with Gasteiger partial charge in [-0.1, -0.05) is 70.4 Å². The maximum atomic E-state index is 12.0. The maximum Gasteiger partial charge on any atom is 0.305 e. The van der Waals surface area contributed by atoms with Gasteiger partial charge >= 0.3 is 5.97 Å². The summed E-state index contributed by atoms with van der Waals surface area (Å²) in [4.78, 5) is 30.0. The molecule has 0 saturated heterocycles. The van der Waals surface area contributed by atoms with Crippen LogP contribution in [0.25, 0.3) is 0 Å². The van der Waals surface area contributed by atoms with Gasteiger partial charge in [-0.3, -0.25) is 14.6 Å². The van der Waals surface area contributed by atoms with Crippen LogP contribution in [0.2, 0.25) is 0 Å². The molecule has 0 aromatic carbocycles. The Hall–Kier alpha value is -1.65. The first-order valence-electron chi connectivity index (χ1n) is 12.7. The first-order chi connectivity index (χ1) is 15.1. The van der Waals surface area contributed by atoms with E-state index < -0.39 is 0 Å². The van der Waals surface area contributed by atoms with Crippen molar-refractivity contribution in [3.8, 4) is 0 Å². The third kappa shape index (κ3) is 15.8. The standard InChI is InChI=1S/C26H46N2O3/c1-3-4-5-6-7-8-9-10-11-12-13-14-15-16-17-18-26(30)31-22-21-28-20-19-27-24(2)23-25(28)29/h10-11H,3-9,12-23H2,1-2H3/b11-10-. The average Bonchev–Trinajstić information content (AvgIpc) is 2.90. The van der Waals surface area contributed by atoms with Crippen molar-refractivity contribution in [1.82, 2.24) is 4.90 Å². The summed E-state index contributed by atoms with van der Waals surface area (Å²) in [6.07, 6.45) is 21.8. The van der Waals surface area contributed by atoms with E-state index in [1.807, 2.05) is 6.92 Å². The normalized spacial score (nSPS) is 14.7. The quantitative estimate of drug-likeness (QED) is 0.145. The maximum absolute atomic E-state index is 12.0. The molecule has 178 valence electrons. The van der Waals surface area contributed by atoms with E-state index in [0.717, 1.165) is 18.6 Å². The summed E-state index contributed by atoms with van der Waals surface area (Å²) < 4.78 is 5.30. The summed E-state index contributed by atoms with van der Waals surface area (Å²) in [5, 5.41) is 0. The Kier molecular flexibility index (Phi) is 16.8. The molecule has 1 heterocycles. The van der Waals surface area contributed by atoms with Gasteiger partial charge in [0.15, 0.2) is 0 Å². The highest BCUT2D eigenvalue weighted by molar-refractivity contribution is 6.00.